The summed E-state index contributed by atoms with van der Waals surface area (Å²) < 4.78 is 36.1. The molecule has 1 N–H and O–H groups in total. The Labute approximate surface area is 74.7 Å². The van der Waals surface area contributed by atoms with Gasteiger partial charge in [0.05, 0.1) is 0 Å². The lowest BCUT2D eigenvalue weighted by Crippen LogP contribution is -2.49. The predicted molar refractivity (Wildman–Crippen MR) is 41.2 cm³/mol. The van der Waals surface area contributed by atoms with Gasteiger partial charge in [0.25, 0.3) is 0 Å². The van der Waals surface area contributed by atoms with Crippen LogP contribution in [0.4, 0.5) is 13.2 Å². The average Bonchev–Trinajstić information content (AvgIpc) is 1.97. The Balaban J connectivity index is 4.37. The van der Waals surface area contributed by atoms with Crippen molar-refractivity contribution >= 4 is 5.78 Å². The zero-order valence-corrected chi connectivity index (χ0v) is 7.61. The highest BCUT2D eigenvalue weighted by Crippen LogP contribution is 2.31. The molecule has 0 fully saturated rings. The van der Waals surface area contributed by atoms with E-state index in [1.54, 1.807) is 6.92 Å². The monoisotopic (exact) mass is 198 g/mol. The number of rotatable bonds is 4. The van der Waals surface area contributed by atoms with Gasteiger partial charge in [-0.15, -0.1) is 0 Å². The molecule has 0 radical (unpaired) electrons. The number of Topliss-reactive ketones (excluding diaryl/α,β-unsaturated/α-hetero) is 1. The van der Waals surface area contributed by atoms with E-state index in [4.69, 9.17) is 5.11 Å². The van der Waals surface area contributed by atoms with E-state index >= 15 is 0 Å². The van der Waals surface area contributed by atoms with Crippen molar-refractivity contribution in [3.63, 3.8) is 0 Å². The molecule has 0 bridgehead atoms. The Bertz CT molecular complexity index is 184. The van der Waals surface area contributed by atoms with Crippen LogP contribution in [0.3, 0.4) is 0 Å². The van der Waals surface area contributed by atoms with Gasteiger partial charge < -0.3 is 5.11 Å². The molecule has 0 aromatic carbocycles. The van der Waals surface area contributed by atoms with Crippen molar-refractivity contribution in [1.82, 2.24) is 0 Å². The molecule has 0 aliphatic carbocycles. The molecule has 0 saturated heterocycles. The summed E-state index contributed by atoms with van der Waals surface area (Å²) in [6.07, 6.45) is -4.12. The van der Waals surface area contributed by atoms with Gasteiger partial charge in [0.1, 0.15) is 0 Å². The number of carbonyl (C=O) groups is 1. The van der Waals surface area contributed by atoms with Crippen LogP contribution >= 0.6 is 0 Å². The first-order chi connectivity index (χ1) is 5.73. The lowest BCUT2D eigenvalue weighted by Gasteiger charge is -2.24. The first-order valence-electron chi connectivity index (χ1n) is 4.06. The Morgan fingerprint density at radius 2 is 1.85 bits per heavy atom. The van der Waals surface area contributed by atoms with Crippen LogP contribution in [0.1, 0.15) is 33.1 Å². The second-order valence-corrected chi connectivity index (χ2v) is 3.10. The summed E-state index contributed by atoms with van der Waals surface area (Å²) in [5, 5.41) is 8.87. The molecule has 0 aromatic heterocycles. The molecule has 2 nitrogen and oxygen atoms in total. The van der Waals surface area contributed by atoms with Gasteiger partial charge in [-0.25, -0.2) is 0 Å². The molecule has 13 heavy (non-hydrogen) atoms. The Kier molecular flexibility index (Phi) is 3.90. The highest BCUT2D eigenvalue weighted by Gasteiger charge is 2.54. The standard InChI is InChI=1S/C8H13F3O2/c1-3-4-5-6(12)7(2,13)8(9,10)11/h13H,3-5H2,1-2H3. The van der Waals surface area contributed by atoms with E-state index in [2.05, 4.69) is 0 Å². The minimum atomic E-state index is -4.88. The van der Waals surface area contributed by atoms with Crippen molar-refractivity contribution in [3.8, 4) is 0 Å². The number of carbonyl (C=O) groups excluding carboxylic acids is 1. The lowest BCUT2D eigenvalue weighted by atomic mass is 9.96. The normalized spacial score (nSPS) is 16.8. The molecule has 1 unspecified atom stereocenters. The number of hydrogen-bond acceptors (Lipinski definition) is 2. The van der Waals surface area contributed by atoms with E-state index in [0.29, 0.717) is 19.8 Å². The van der Waals surface area contributed by atoms with Crippen LogP contribution in [-0.4, -0.2) is 22.7 Å². The molecule has 5 heteroatoms. The maximum atomic E-state index is 12.0. The van der Waals surface area contributed by atoms with Crippen LogP contribution in [0.15, 0.2) is 0 Å². The fourth-order valence-corrected chi connectivity index (χ4v) is 0.739. The molecule has 0 aliphatic rings. The van der Waals surface area contributed by atoms with E-state index in [1.807, 2.05) is 0 Å². The highest BCUT2D eigenvalue weighted by atomic mass is 19.4. The number of ketones is 1. The van der Waals surface area contributed by atoms with E-state index in [9.17, 15) is 18.0 Å². The molecule has 0 heterocycles. The molecular formula is C8H13F3O2. The quantitative estimate of drug-likeness (QED) is 0.750. The summed E-state index contributed by atoms with van der Waals surface area (Å²) in [6, 6.07) is 0. The number of unbranched alkanes of at least 4 members (excludes halogenated alkanes) is 1. The number of hydrogen-bond donors (Lipinski definition) is 1. The highest BCUT2D eigenvalue weighted by molar-refractivity contribution is 5.87. The molecular weight excluding hydrogens is 185 g/mol. The summed E-state index contributed by atoms with van der Waals surface area (Å²) >= 11 is 0. The molecule has 1 atom stereocenters. The van der Waals surface area contributed by atoms with Crippen LogP contribution < -0.4 is 0 Å². The Morgan fingerprint density at radius 3 is 2.15 bits per heavy atom. The van der Waals surface area contributed by atoms with Gasteiger partial charge in [-0.1, -0.05) is 13.3 Å². The summed E-state index contributed by atoms with van der Waals surface area (Å²) in [7, 11) is 0. The second kappa shape index (κ2) is 4.09. The lowest BCUT2D eigenvalue weighted by molar-refractivity contribution is -0.244. The summed E-state index contributed by atoms with van der Waals surface area (Å²) in [5.41, 5.74) is -3.19. The minimum Gasteiger partial charge on any atom is -0.374 e. The van der Waals surface area contributed by atoms with Crippen LogP contribution in [0.25, 0.3) is 0 Å². The molecule has 0 rings (SSSR count). The zero-order chi connectivity index (χ0) is 10.7. The number of halogens is 3. The van der Waals surface area contributed by atoms with E-state index in [1.165, 1.54) is 0 Å². The van der Waals surface area contributed by atoms with E-state index in [0.717, 1.165) is 0 Å². The predicted octanol–water partition coefficient (Wildman–Crippen LogP) is 2.06. The van der Waals surface area contributed by atoms with E-state index < -0.39 is 17.6 Å². The van der Waals surface area contributed by atoms with Crippen molar-refractivity contribution in [1.29, 1.82) is 0 Å². The van der Waals surface area contributed by atoms with Crippen LogP contribution in [-0.2, 0) is 4.79 Å². The third-order valence-electron chi connectivity index (χ3n) is 1.85. The van der Waals surface area contributed by atoms with Gasteiger partial charge in [0.2, 0.25) is 5.60 Å². The number of alkyl halides is 3. The molecule has 0 saturated carbocycles. The van der Waals surface area contributed by atoms with Gasteiger partial charge >= 0.3 is 6.18 Å². The Morgan fingerprint density at radius 1 is 1.38 bits per heavy atom. The Hall–Kier alpha value is -0.580. The fourth-order valence-electron chi connectivity index (χ4n) is 0.739. The van der Waals surface area contributed by atoms with Crippen molar-refractivity contribution in [2.75, 3.05) is 0 Å². The van der Waals surface area contributed by atoms with Crippen molar-refractivity contribution in [2.45, 2.75) is 44.9 Å². The van der Waals surface area contributed by atoms with Crippen LogP contribution in [0.2, 0.25) is 0 Å². The topological polar surface area (TPSA) is 37.3 Å². The molecule has 0 aliphatic heterocycles. The summed E-state index contributed by atoms with van der Waals surface area (Å²) in [6.45, 7) is 2.25. The molecule has 0 aromatic rings. The summed E-state index contributed by atoms with van der Waals surface area (Å²) in [4.78, 5) is 10.9. The van der Waals surface area contributed by atoms with Crippen LogP contribution in [0.5, 0.6) is 0 Å². The minimum absolute atomic E-state index is 0.233. The average molecular weight is 198 g/mol. The van der Waals surface area contributed by atoms with Crippen molar-refractivity contribution < 1.29 is 23.1 Å². The number of aliphatic hydroxyl groups is 1. The maximum Gasteiger partial charge on any atom is 0.424 e. The van der Waals surface area contributed by atoms with Gasteiger partial charge in [-0.3, -0.25) is 4.79 Å². The van der Waals surface area contributed by atoms with Gasteiger partial charge in [-0.2, -0.15) is 13.2 Å². The van der Waals surface area contributed by atoms with Crippen LogP contribution in [0, 0.1) is 0 Å². The smallest absolute Gasteiger partial charge is 0.374 e. The maximum absolute atomic E-state index is 12.0. The summed E-state index contributed by atoms with van der Waals surface area (Å²) in [5.74, 6) is -1.16. The zero-order valence-electron chi connectivity index (χ0n) is 7.61. The SMILES string of the molecule is CCCCC(=O)C(C)(O)C(F)(F)F. The van der Waals surface area contributed by atoms with Crippen molar-refractivity contribution in [3.05, 3.63) is 0 Å². The van der Waals surface area contributed by atoms with Gasteiger partial charge in [-0.05, 0) is 13.3 Å². The molecule has 0 amide bonds. The second-order valence-electron chi connectivity index (χ2n) is 3.10. The van der Waals surface area contributed by atoms with Gasteiger partial charge in [0, 0.05) is 6.42 Å². The van der Waals surface area contributed by atoms with Gasteiger partial charge in [0.15, 0.2) is 5.78 Å². The van der Waals surface area contributed by atoms with E-state index in [-0.39, 0.29) is 6.42 Å². The first kappa shape index (κ1) is 12.4. The van der Waals surface area contributed by atoms with Crippen molar-refractivity contribution in [2.24, 2.45) is 0 Å². The molecule has 0 spiro atoms. The third-order valence-corrected chi connectivity index (χ3v) is 1.85. The molecule has 78 valence electrons. The largest absolute Gasteiger partial charge is 0.424 e. The third kappa shape index (κ3) is 2.99. The fraction of sp³-hybridized carbons (Fsp3) is 0.875. The first-order valence-corrected chi connectivity index (χ1v) is 4.06.